The van der Waals surface area contributed by atoms with Gasteiger partial charge < -0.3 is 19.8 Å². The Bertz CT molecular complexity index is 1830. The Morgan fingerprint density at radius 3 is 2.16 bits per heavy atom. The van der Waals surface area contributed by atoms with Gasteiger partial charge in [0.25, 0.3) is 0 Å². The van der Waals surface area contributed by atoms with Gasteiger partial charge in [-0.15, -0.1) is 0 Å². The fourth-order valence-electron chi connectivity index (χ4n) is 6.65. The minimum atomic E-state index is -5.01. The van der Waals surface area contributed by atoms with Gasteiger partial charge in [-0.05, 0) is 49.4 Å². The molecule has 51 heavy (non-hydrogen) atoms. The number of aromatic nitrogens is 6. The number of alkyl halides is 6. The lowest BCUT2D eigenvalue weighted by atomic mass is 9.97. The van der Waals surface area contributed by atoms with Gasteiger partial charge in [-0.25, -0.2) is 15.0 Å². The first-order chi connectivity index (χ1) is 24.1. The molecule has 1 unspecified atom stereocenters. The van der Waals surface area contributed by atoms with Gasteiger partial charge in [-0.2, -0.15) is 36.4 Å². The summed E-state index contributed by atoms with van der Waals surface area (Å²) < 4.78 is 84.6. The van der Waals surface area contributed by atoms with E-state index < -0.39 is 41.4 Å². The molecule has 0 bridgehead atoms. The molecule has 0 aliphatic carbocycles. The van der Waals surface area contributed by atoms with E-state index >= 15 is 0 Å². The van der Waals surface area contributed by atoms with Crippen molar-refractivity contribution in [3.05, 3.63) is 70.9 Å². The van der Waals surface area contributed by atoms with Crippen LogP contribution in [0.5, 0.6) is 0 Å². The van der Waals surface area contributed by atoms with Crippen molar-refractivity contribution >= 4 is 35.3 Å². The molecule has 11 nitrogen and oxygen atoms in total. The molecule has 2 fully saturated rings. The second-order valence-electron chi connectivity index (χ2n) is 12.8. The summed E-state index contributed by atoms with van der Waals surface area (Å²) in [4.78, 5) is 35.1. The monoisotopic (exact) mass is 737 g/mol. The molecular formula is C33H34ClF6N9O2. The van der Waals surface area contributed by atoms with E-state index in [1.807, 2.05) is 16.7 Å². The average Bonchev–Trinajstić information content (AvgIpc) is 3.73. The van der Waals surface area contributed by atoms with Crippen LogP contribution in [0.4, 0.5) is 44.1 Å². The molecule has 2 aliphatic rings. The summed E-state index contributed by atoms with van der Waals surface area (Å²) in [6.07, 6.45) is -0.188. The van der Waals surface area contributed by atoms with E-state index in [0.29, 0.717) is 56.1 Å². The van der Waals surface area contributed by atoms with Crippen molar-refractivity contribution in [2.45, 2.75) is 63.6 Å². The Hall–Kier alpha value is -4.67. The lowest BCUT2D eigenvalue weighted by Gasteiger charge is -2.32. The summed E-state index contributed by atoms with van der Waals surface area (Å²) in [5.41, 5.74) is -1.68. The molecule has 2 aliphatic heterocycles. The third-order valence-corrected chi connectivity index (χ3v) is 9.62. The quantitative estimate of drug-likeness (QED) is 0.186. The number of aryl methyl sites for hydroxylation is 1. The SMILES string of the molecule is CC[C@@H]1CC(N(Cc2cc(C(F)(F)F)cc(C(F)(F)F)c2)c2ncc(-c3cnn(C)c3)cn2)CN1c1nc(N2CCC(C(=O)O)CC2)ncc1Cl. The van der Waals surface area contributed by atoms with Crippen LogP contribution in [0.2, 0.25) is 5.02 Å². The number of benzene rings is 1. The van der Waals surface area contributed by atoms with Gasteiger partial charge in [0.1, 0.15) is 5.02 Å². The summed E-state index contributed by atoms with van der Waals surface area (Å²) in [5, 5.41) is 13.8. The van der Waals surface area contributed by atoms with Gasteiger partial charge in [0.05, 0.1) is 35.5 Å². The van der Waals surface area contributed by atoms with Crippen LogP contribution in [0.1, 0.15) is 49.3 Å². The number of piperidine rings is 1. The summed E-state index contributed by atoms with van der Waals surface area (Å²) in [5.74, 6) is -0.381. The van der Waals surface area contributed by atoms with Gasteiger partial charge in [-0.1, -0.05) is 18.5 Å². The first kappa shape index (κ1) is 36.1. The maximum atomic E-state index is 13.8. The van der Waals surface area contributed by atoms with E-state index in [4.69, 9.17) is 16.6 Å². The molecule has 2 saturated heterocycles. The fourth-order valence-corrected chi connectivity index (χ4v) is 6.85. The lowest BCUT2D eigenvalue weighted by molar-refractivity contribution is -0.144. The maximum absolute atomic E-state index is 13.8. The van der Waals surface area contributed by atoms with E-state index in [9.17, 15) is 36.2 Å². The average molecular weight is 738 g/mol. The van der Waals surface area contributed by atoms with Crippen LogP contribution in [0.25, 0.3) is 11.1 Å². The number of nitrogens with zero attached hydrogens (tertiary/aromatic N) is 9. The molecule has 3 aromatic heterocycles. The normalized spacial score (nSPS) is 18.8. The standard InChI is InChI=1S/C33H34ClF6N9O2/c1-3-25-11-26(18-48(25)28-27(34)15-43-31(45-28)47-6-4-20(5-7-47)29(50)51)49(30-41-12-21(13-42-30)22-14-44-46(2)17-22)16-19-8-23(32(35,36)37)10-24(9-19)33(38,39)40/h8-10,12-15,17,20,25-26H,3-7,11,16,18H2,1-2H3,(H,50,51)/t25-,26?/m1/s1. The molecular weight excluding hydrogens is 704 g/mol. The van der Waals surface area contributed by atoms with E-state index in [1.165, 1.54) is 18.6 Å². The van der Waals surface area contributed by atoms with Gasteiger partial charge >= 0.3 is 18.3 Å². The lowest BCUT2D eigenvalue weighted by Crippen LogP contribution is -2.39. The largest absolute Gasteiger partial charge is 0.481 e. The number of carboxylic acid groups (broad SMARTS) is 1. The Morgan fingerprint density at radius 2 is 1.61 bits per heavy atom. The van der Waals surface area contributed by atoms with Gasteiger partial charge in [-0.3, -0.25) is 9.48 Å². The Morgan fingerprint density at radius 1 is 0.961 bits per heavy atom. The topological polar surface area (TPSA) is 116 Å². The van der Waals surface area contributed by atoms with Crippen LogP contribution >= 0.6 is 11.6 Å². The molecule has 0 amide bonds. The van der Waals surface area contributed by atoms with Crippen LogP contribution in [0.15, 0.2) is 49.2 Å². The first-order valence-corrected chi connectivity index (χ1v) is 16.6. The van der Waals surface area contributed by atoms with E-state index in [1.54, 1.807) is 29.0 Å². The number of carboxylic acids is 1. The predicted octanol–water partition coefficient (Wildman–Crippen LogP) is 6.72. The molecule has 6 rings (SSSR count). The van der Waals surface area contributed by atoms with Crippen molar-refractivity contribution in [3.8, 4) is 11.1 Å². The van der Waals surface area contributed by atoms with Crippen molar-refractivity contribution in [3.63, 3.8) is 0 Å². The molecule has 1 aromatic carbocycles. The molecule has 0 radical (unpaired) electrons. The molecule has 4 aromatic rings. The zero-order chi connectivity index (χ0) is 36.7. The van der Waals surface area contributed by atoms with Crippen molar-refractivity contribution in [1.29, 1.82) is 0 Å². The van der Waals surface area contributed by atoms with Gasteiger partial charge in [0.2, 0.25) is 11.9 Å². The van der Waals surface area contributed by atoms with Crippen LogP contribution in [-0.4, -0.2) is 72.5 Å². The zero-order valence-corrected chi connectivity index (χ0v) is 28.3. The Labute approximate surface area is 293 Å². The summed E-state index contributed by atoms with van der Waals surface area (Å²) >= 11 is 6.65. The van der Waals surface area contributed by atoms with Crippen molar-refractivity contribution < 1.29 is 36.2 Å². The minimum absolute atomic E-state index is 0.107. The molecule has 5 heterocycles. The van der Waals surface area contributed by atoms with E-state index in [2.05, 4.69) is 20.1 Å². The fraction of sp³-hybridized carbons (Fsp3) is 0.455. The number of anilines is 3. The molecule has 18 heteroatoms. The van der Waals surface area contributed by atoms with E-state index in [-0.39, 0.29) is 41.7 Å². The molecule has 272 valence electrons. The highest BCUT2D eigenvalue weighted by molar-refractivity contribution is 6.32. The highest BCUT2D eigenvalue weighted by Crippen LogP contribution is 2.39. The summed E-state index contributed by atoms with van der Waals surface area (Å²) in [6.45, 7) is 2.73. The Balaban J connectivity index is 1.35. The van der Waals surface area contributed by atoms with Crippen molar-refractivity contribution in [2.24, 2.45) is 13.0 Å². The molecule has 0 saturated carbocycles. The van der Waals surface area contributed by atoms with Crippen LogP contribution in [-0.2, 0) is 30.7 Å². The van der Waals surface area contributed by atoms with Gasteiger partial charge in [0.15, 0.2) is 5.82 Å². The second-order valence-corrected chi connectivity index (χ2v) is 13.2. The smallest absolute Gasteiger partial charge is 0.416 e. The van der Waals surface area contributed by atoms with Crippen molar-refractivity contribution in [1.82, 2.24) is 29.7 Å². The van der Waals surface area contributed by atoms with Crippen LogP contribution < -0.4 is 14.7 Å². The molecule has 2 atom stereocenters. The minimum Gasteiger partial charge on any atom is -0.481 e. The number of hydrogen-bond acceptors (Lipinski definition) is 9. The Kier molecular flexibility index (Phi) is 10.0. The third kappa shape index (κ3) is 7.97. The highest BCUT2D eigenvalue weighted by atomic mass is 35.5. The number of hydrogen-bond donors (Lipinski definition) is 1. The molecule has 1 N–H and O–H groups in total. The number of aliphatic carboxylic acids is 1. The number of halogens is 7. The summed E-state index contributed by atoms with van der Waals surface area (Å²) in [6, 6.07) is 0.895. The van der Waals surface area contributed by atoms with E-state index in [0.717, 1.165) is 17.7 Å². The van der Waals surface area contributed by atoms with Crippen LogP contribution in [0, 0.1) is 5.92 Å². The second kappa shape index (κ2) is 14.2. The molecule has 0 spiro atoms. The van der Waals surface area contributed by atoms with Crippen LogP contribution in [0.3, 0.4) is 0 Å². The predicted molar refractivity (Wildman–Crippen MR) is 176 cm³/mol. The number of rotatable bonds is 9. The maximum Gasteiger partial charge on any atom is 0.416 e. The van der Waals surface area contributed by atoms with Gasteiger partial charge in [0, 0.05) is 69.0 Å². The highest BCUT2D eigenvalue weighted by Gasteiger charge is 2.40. The number of carbonyl (C=O) groups is 1. The zero-order valence-electron chi connectivity index (χ0n) is 27.5. The van der Waals surface area contributed by atoms with Crippen molar-refractivity contribution in [2.75, 3.05) is 34.3 Å². The third-order valence-electron chi connectivity index (χ3n) is 9.35. The first-order valence-electron chi connectivity index (χ1n) is 16.2. The summed E-state index contributed by atoms with van der Waals surface area (Å²) in [7, 11) is 1.74.